The zero-order chi connectivity index (χ0) is 11.9. The first kappa shape index (κ1) is 12.0. The standard InChI is InChI=1S/C11H18N4O2/c16-11(6-9-2-1-4-12-7-9)13-5-3-10-14-8-17-15-10/h8-9,12H,1-7H2,(H,13,16). The third-order valence-corrected chi connectivity index (χ3v) is 2.95. The summed E-state index contributed by atoms with van der Waals surface area (Å²) in [5.41, 5.74) is 0. The van der Waals surface area contributed by atoms with Gasteiger partial charge in [0.25, 0.3) is 0 Å². The topological polar surface area (TPSA) is 80.0 Å². The Kier molecular flexibility index (Phi) is 4.49. The van der Waals surface area contributed by atoms with E-state index in [1.165, 1.54) is 12.8 Å². The highest BCUT2D eigenvalue weighted by Gasteiger charge is 2.16. The number of nitrogens with zero attached hydrogens (tertiary/aromatic N) is 2. The molecule has 1 aromatic heterocycles. The van der Waals surface area contributed by atoms with Crippen molar-refractivity contribution in [3.8, 4) is 0 Å². The van der Waals surface area contributed by atoms with Crippen LogP contribution in [-0.4, -0.2) is 35.7 Å². The highest BCUT2D eigenvalue weighted by atomic mass is 16.5. The van der Waals surface area contributed by atoms with Gasteiger partial charge < -0.3 is 15.2 Å². The van der Waals surface area contributed by atoms with Crippen molar-refractivity contribution in [2.24, 2.45) is 5.92 Å². The summed E-state index contributed by atoms with van der Waals surface area (Å²) in [5.74, 6) is 1.22. The molecule has 1 aromatic rings. The lowest BCUT2D eigenvalue weighted by Gasteiger charge is -2.21. The molecule has 1 aliphatic heterocycles. The molecule has 6 heteroatoms. The van der Waals surface area contributed by atoms with Crippen LogP contribution in [0.3, 0.4) is 0 Å². The lowest BCUT2D eigenvalue weighted by atomic mass is 9.96. The molecule has 17 heavy (non-hydrogen) atoms. The Morgan fingerprint density at radius 3 is 3.29 bits per heavy atom. The summed E-state index contributed by atoms with van der Waals surface area (Å²) in [6, 6.07) is 0. The minimum atomic E-state index is 0.113. The summed E-state index contributed by atoms with van der Waals surface area (Å²) in [7, 11) is 0. The molecule has 2 N–H and O–H groups in total. The maximum Gasteiger partial charge on any atom is 0.220 e. The van der Waals surface area contributed by atoms with Crippen LogP contribution in [0.1, 0.15) is 25.1 Å². The summed E-state index contributed by atoms with van der Waals surface area (Å²) in [6.07, 6.45) is 4.83. The van der Waals surface area contributed by atoms with Gasteiger partial charge in [-0.25, -0.2) is 0 Å². The van der Waals surface area contributed by atoms with Crippen molar-refractivity contribution in [2.45, 2.75) is 25.7 Å². The molecule has 0 saturated carbocycles. The van der Waals surface area contributed by atoms with E-state index in [0.717, 1.165) is 19.5 Å². The van der Waals surface area contributed by atoms with E-state index in [0.29, 0.717) is 31.1 Å². The Morgan fingerprint density at radius 1 is 1.65 bits per heavy atom. The highest BCUT2D eigenvalue weighted by Crippen LogP contribution is 2.13. The van der Waals surface area contributed by atoms with Crippen LogP contribution < -0.4 is 10.6 Å². The van der Waals surface area contributed by atoms with Crippen LogP contribution in [-0.2, 0) is 11.2 Å². The molecular weight excluding hydrogens is 220 g/mol. The molecule has 2 rings (SSSR count). The van der Waals surface area contributed by atoms with Gasteiger partial charge in [0.2, 0.25) is 12.3 Å². The summed E-state index contributed by atoms with van der Waals surface area (Å²) < 4.78 is 4.61. The lowest BCUT2D eigenvalue weighted by molar-refractivity contribution is -0.122. The van der Waals surface area contributed by atoms with Crippen molar-refractivity contribution in [3.05, 3.63) is 12.2 Å². The second-order valence-electron chi connectivity index (χ2n) is 4.36. The Balaban J connectivity index is 1.60. The van der Waals surface area contributed by atoms with Crippen molar-refractivity contribution >= 4 is 5.91 Å². The van der Waals surface area contributed by atoms with Gasteiger partial charge in [0.1, 0.15) is 0 Å². The molecule has 0 aromatic carbocycles. The minimum Gasteiger partial charge on any atom is -0.356 e. The summed E-state index contributed by atoms with van der Waals surface area (Å²) >= 11 is 0. The number of carbonyl (C=O) groups excluding carboxylic acids is 1. The maximum absolute atomic E-state index is 11.6. The molecule has 1 aliphatic rings. The Bertz CT molecular complexity index is 333. The first-order valence-corrected chi connectivity index (χ1v) is 6.07. The number of piperidine rings is 1. The number of nitrogens with one attached hydrogen (secondary N) is 2. The minimum absolute atomic E-state index is 0.113. The van der Waals surface area contributed by atoms with Crippen LogP contribution in [0, 0.1) is 5.92 Å². The van der Waals surface area contributed by atoms with Crippen LogP contribution in [0.5, 0.6) is 0 Å². The molecule has 1 amide bonds. The third kappa shape index (κ3) is 4.14. The number of carbonyl (C=O) groups is 1. The average Bonchev–Trinajstić information content (AvgIpc) is 2.83. The zero-order valence-electron chi connectivity index (χ0n) is 9.82. The third-order valence-electron chi connectivity index (χ3n) is 2.95. The fraction of sp³-hybridized carbons (Fsp3) is 0.727. The van der Waals surface area contributed by atoms with Gasteiger partial charge in [0, 0.05) is 19.4 Å². The molecule has 1 atom stereocenters. The predicted octanol–water partition coefficient (Wildman–Crippen LogP) is 0.118. The molecule has 1 saturated heterocycles. The van der Waals surface area contributed by atoms with Gasteiger partial charge in [-0.1, -0.05) is 5.16 Å². The number of aromatic nitrogens is 2. The van der Waals surface area contributed by atoms with Gasteiger partial charge in [-0.15, -0.1) is 0 Å². The molecule has 6 nitrogen and oxygen atoms in total. The van der Waals surface area contributed by atoms with E-state index in [4.69, 9.17) is 0 Å². The van der Waals surface area contributed by atoms with Crippen LogP contribution in [0.15, 0.2) is 10.9 Å². The fourth-order valence-electron chi connectivity index (χ4n) is 2.05. The van der Waals surface area contributed by atoms with Crippen LogP contribution >= 0.6 is 0 Å². The molecule has 2 heterocycles. The van der Waals surface area contributed by atoms with Crippen LogP contribution in [0.4, 0.5) is 0 Å². The van der Waals surface area contributed by atoms with E-state index in [1.807, 2.05) is 0 Å². The van der Waals surface area contributed by atoms with Gasteiger partial charge in [0.05, 0.1) is 0 Å². The molecule has 0 aliphatic carbocycles. The second-order valence-corrected chi connectivity index (χ2v) is 4.36. The first-order chi connectivity index (χ1) is 8.34. The number of rotatable bonds is 5. The SMILES string of the molecule is O=C(CC1CCCNC1)NCCc1ncon1. The first-order valence-electron chi connectivity index (χ1n) is 6.07. The van der Waals surface area contributed by atoms with Crippen molar-refractivity contribution in [1.82, 2.24) is 20.8 Å². The van der Waals surface area contributed by atoms with E-state index in [9.17, 15) is 4.79 Å². The van der Waals surface area contributed by atoms with Gasteiger partial charge in [-0.2, -0.15) is 4.98 Å². The van der Waals surface area contributed by atoms with Gasteiger partial charge in [0.15, 0.2) is 5.82 Å². The number of hydrogen-bond donors (Lipinski definition) is 2. The average molecular weight is 238 g/mol. The van der Waals surface area contributed by atoms with Crippen molar-refractivity contribution in [2.75, 3.05) is 19.6 Å². The Hall–Kier alpha value is -1.43. The molecule has 0 radical (unpaired) electrons. The number of hydrogen-bond acceptors (Lipinski definition) is 5. The largest absolute Gasteiger partial charge is 0.356 e. The van der Waals surface area contributed by atoms with E-state index < -0.39 is 0 Å². The van der Waals surface area contributed by atoms with Gasteiger partial charge in [-0.05, 0) is 31.8 Å². The van der Waals surface area contributed by atoms with E-state index in [2.05, 4.69) is 25.3 Å². The van der Waals surface area contributed by atoms with E-state index in [1.54, 1.807) is 0 Å². The normalized spacial score (nSPS) is 20.1. The Morgan fingerprint density at radius 2 is 2.59 bits per heavy atom. The molecule has 94 valence electrons. The summed E-state index contributed by atoms with van der Waals surface area (Å²) in [5, 5.41) is 9.87. The quantitative estimate of drug-likeness (QED) is 0.761. The molecule has 1 unspecified atom stereocenters. The van der Waals surface area contributed by atoms with Crippen molar-refractivity contribution < 1.29 is 9.32 Å². The monoisotopic (exact) mass is 238 g/mol. The molecular formula is C11H18N4O2. The van der Waals surface area contributed by atoms with Crippen molar-refractivity contribution in [1.29, 1.82) is 0 Å². The van der Waals surface area contributed by atoms with E-state index >= 15 is 0 Å². The smallest absolute Gasteiger partial charge is 0.220 e. The molecule has 1 fully saturated rings. The summed E-state index contributed by atoms with van der Waals surface area (Å²) in [6.45, 7) is 2.60. The summed E-state index contributed by atoms with van der Waals surface area (Å²) in [4.78, 5) is 15.5. The van der Waals surface area contributed by atoms with Crippen LogP contribution in [0.2, 0.25) is 0 Å². The van der Waals surface area contributed by atoms with E-state index in [-0.39, 0.29) is 5.91 Å². The van der Waals surface area contributed by atoms with Gasteiger partial charge >= 0.3 is 0 Å². The fourth-order valence-corrected chi connectivity index (χ4v) is 2.05. The van der Waals surface area contributed by atoms with Crippen LogP contribution in [0.25, 0.3) is 0 Å². The van der Waals surface area contributed by atoms with Gasteiger partial charge in [-0.3, -0.25) is 4.79 Å². The van der Waals surface area contributed by atoms with Crippen molar-refractivity contribution in [3.63, 3.8) is 0 Å². The maximum atomic E-state index is 11.6. The predicted molar refractivity (Wildman–Crippen MR) is 61.2 cm³/mol. The lowest BCUT2D eigenvalue weighted by Crippen LogP contribution is -2.34. The number of amides is 1. The second kappa shape index (κ2) is 6.34. The zero-order valence-corrected chi connectivity index (χ0v) is 9.82. The molecule has 0 bridgehead atoms. The molecule has 0 spiro atoms. The Labute approximate surface area is 100 Å². The highest BCUT2D eigenvalue weighted by molar-refractivity contribution is 5.76.